The SMILES string of the molecule is CC(c1ccc(O)cc1F)N1CCC(NCC2CC2)CC1. The first-order valence-corrected chi connectivity index (χ1v) is 8.09. The molecule has 0 radical (unpaired) electrons. The highest BCUT2D eigenvalue weighted by molar-refractivity contribution is 5.29. The van der Waals surface area contributed by atoms with E-state index in [0.717, 1.165) is 31.8 Å². The van der Waals surface area contributed by atoms with Crippen molar-refractivity contribution in [3.8, 4) is 5.75 Å². The molecule has 1 aromatic carbocycles. The molecule has 2 N–H and O–H groups in total. The number of rotatable bonds is 5. The average Bonchev–Trinajstić information content (AvgIpc) is 3.29. The van der Waals surface area contributed by atoms with E-state index < -0.39 is 0 Å². The van der Waals surface area contributed by atoms with E-state index in [2.05, 4.69) is 10.2 Å². The summed E-state index contributed by atoms with van der Waals surface area (Å²) in [6.07, 6.45) is 5.06. The van der Waals surface area contributed by atoms with Gasteiger partial charge in [-0.2, -0.15) is 0 Å². The average molecular weight is 292 g/mol. The minimum atomic E-state index is -0.309. The quantitative estimate of drug-likeness (QED) is 0.875. The highest BCUT2D eigenvalue weighted by Gasteiger charge is 2.27. The van der Waals surface area contributed by atoms with Crippen molar-refractivity contribution in [1.29, 1.82) is 0 Å². The summed E-state index contributed by atoms with van der Waals surface area (Å²) in [6, 6.07) is 5.16. The van der Waals surface area contributed by atoms with Crippen molar-refractivity contribution in [1.82, 2.24) is 10.2 Å². The van der Waals surface area contributed by atoms with Crippen LogP contribution < -0.4 is 5.32 Å². The molecule has 116 valence electrons. The van der Waals surface area contributed by atoms with Gasteiger partial charge in [-0.25, -0.2) is 4.39 Å². The Balaban J connectivity index is 1.52. The molecular weight excluding hydrogens is 267 g/mol. The van der Waals surface area contributed by atoms with Gasteiger partial charge in [0.15, 0.2) is 0 Å². The van der Waals surface area contributed by atoms with E-state index in [9.17, 15) is 9.50 Å². The molecule has 0 amide bonds. The van der Waals surface area contributed by atoms with Crippen LogP contribution in [0, 0.1) is 11.7 Å². The Labute approximate surface area is 126 Å². The van der Waals surface area contributed by atoms with Gasteiger partial charge in [-0.1, -0.05) is 6.07 Å². The van der Waals surface area contributed by atoms with Crippen LogP contribution >= 0.6 is 0 Å². The molecule has 2 aliphatic rings. The molecule has 0 bridgehead atoms. The molecule has 1 heterocycles. The van der Waals surface area contributed by atoms with Crippen LogP contribution in [0.2, 0.25) is 0 Å². The first kappa shape index (κ1) is 14.8. The van der Waals surface area contributed by atoms with Crippen LogP contribution in [-0.2, 0) is 0 Å². The van der Waals surface area contributed by atoms with Crippen molar-refractivity contribution in [3.63, 3.8) is 0 Å². The molecule has 3 nitrogen and oxygen atoms in total. The van der Waals surface area contributed by atoms with Crippen LogP contribution in [0.25, 0.3) is 0 Å². The molecule has 0 spiro atoms. The Morgan fingerprint density at radius 3 is 2.62 bits per heavy atom. The summed E-state index contributed by atoms with van der Waals surface area (Å²) in [7, 11) is 0. The zero-order valence-corrected chi connectivity index (χ0v) is 12.7. The predicted molar refractivity (Wildman–Crippen MR) is 81.8 cm³/mol. The Morgan fingerprint density at radius 2 is 2.00 bits per heavy atom. The lowest BCUT2D eigenvalue weighted by Gasteiger charge is -2.36. The second kappa shape index (κ2) is 6.32. The van der Waals surface area contributed by atoms with Gasteiger partial charge in [0.05, 0.1) is 0 Å². The molecular formula is C17H25FN2O. The van der Waals surface area contributed by atoms with E-state index >= 15 is 0 Å². The van der Waals surface area contributed by atoms with E-state index in [0.29, 0.717) is 11.6 Å². The van der Waals surface area contributed by atoms with Crippen LogP contribution in [0.5, 0.6) is 5.75 Å². The van der Waals surface area contributed by atoms with Crippen molar-refractivity contribution in [2.24, 2.45) is 5.92 Å². The van der Waals surface area contributed by atoms with Crippen LogP contribution in [-0.4, -0.2) is 35.7 Å². The van der Waals surface area contributed by atoms with Crippen molar-refractivity contribution >= 4 is 0 Å². The lowest BCUT2D eigenvalue weighted by Crippen LogP contribution is -2.44. The van der Waals surface area contributed by atoms with E-state index in [4.69, 9.17) is 0 Å². The normalized spacial score (nSPS) is 22.4. The van der Waals surface area contributed by atoms with Crippen molar-refractivity contribution in [2.75, 3.05) is 19.6 Å². The number of phenols is 1. The molecule has 1 aliphatic carbocycles. The summed E-state index contributed by atoms with van der Waals surface area (Å²) < 4.78 is 14.0. The molecule has 21 heavy (non-hydrogen) atoms. The number of aromatic hydroxyl groups is 1. The number of benzene rings is 1. The van der Waals surface area contributed by atoms with E-state index in [1.165, 1.54) is 25.5 Å². The van der Waals surface area contributed by atoms with Gasteiger partial charge < -0.3 is 10.4 Å². The molecule has 4 heteroatoms. The van der Waals surface area contributed by atoms with Gasteiger partial charge in [-0.3, -0.25) is 4.90 Å². The van der Waals surface area contributed by atoms with E-state index in [1.54, 1.807) is 12.1 Å². The fourth-order valence-corrected chi connectivity index (χ4v) is 3.20. The van der Waals surface area contributed by atoms with Crippen molar-refractivity contribution in [3.05, 3.63) is 29.6 Å². The molecule has 0 aromatic heterocycles. The molecule has 1 atom stereocenters. The maximum atomic E-state index is 14.0. The summed E-state index contributed by atoms with van der Waals surface area (Å²) in [4.78, 5) is 2.34. The fraction of sp³-hybridized carbons (Fsp3) is 0.647. The number of hydrogen-bond acceptors (Lipinski definition) is 3. The highest BCUT2D eigenvalue weighted by Crippen LogP contribution is 2.30. The van der Waals surface area contributed by atoms with Gasteiger partial charge in [0.25, 0.3) is 0 Å². The number of nitrogens with one attached hydrogen (secondary N) is 1. The zero-order valence-electron chi connectivity index (χ0n) is 12.7. The Kier molecular flexibility index (Phi) is 4.45. The van der Waals surface area contributed by atoms with Gasteiger partial charge in [0.2, 0.25) is 0 Å². The van der Waals surface area contributed by atoms with E-state index in [1.807, 2.05) is 6.92 Å². The maximum absolute atomic E-state index is 14.0. The van der Waals surface area contributed by atoms with Gasteiger partial charge in [-0.05, 0) is 51.1 Å². The molecule has 1 unspecified atom stereocenters. The van der Waals surface area contributed by atoms with Crippen LogP contribution in [0.4, 0.5) is 4.39 Å². The summed E-state index contributed by atoms with van der Waals surface area (Å²) in [5, 5.41) is 13.0. The third-order valence-electron chi connectivity index (χ3n) is 4.90. The number of nitrogens with zero attached hydrogens (tertiary/aromatic N) is 1. The Morgan fingerprint density at radius 1 is 1.29 bits per heavy atom. The summed E-state index contributed by atoms with van der Waals surface area (Å²) in [5.74, 6) is 0.607. The number of likely N-dealkylation sites (tertiary alicyclic amines) is 1. The summed E-state index contributed by atoms with van der Waals surface area (Å²) >= 11 is 0. The Bertz CT molecular complexity index is 482. The molecule has 3 rings (SSSR count). The maximum Gasteiger partial charge on any atom is 0.131 e. The fourth-order valence-electron chi connectivity index (χ4n) is 3.20. The minimum absolute atomic E-state index is 0.00793. The number of phenolic OH excluding ortho intramolecular Hbond substituents is 1. The van der Waals surface area contributed by atoms with Crippen LogP contribution in [0.15, 0.2) is 18.2 Å². The van der Waals surface area contributed by atoms with Crippen LogP contribution in [0.3, 0.4) is 0 Å². The zero-order chi connectivity index (χ0) is 14.8. The second-order valence-electron chi connectivity index (χ2n) is 6.54. The van der Waals surface area contributed by atoms with Gasteiger partial charge in [0, 0.05) is 36.8 Å². The smallest absolute Gasteiger partial charge is 0.131 e. The monoisotopic (exact) mass is 292 g/mol. The molecule has 1 saturated heterocycles. The summed E-state index contributed by atoms with van der Waals surface area (Å²) in [6.45, 7) is 5.23. The first-order chi connectivity index (χ1) is 10.1. The predicted octanol–water partition coefficient (Wildman–Crippen LogP) is 3.06. The minimum Gasteiger partial charge on any atom is -0.508 e. The van der Waals surface area contributed by atoms with Crippen molar-refractivity contribution in [2.45, 2.75) is 44.7 Å². The number of halogens is 1. The Hall–Kier alpha value is -1.13. The molecule has 2 fully saturated rings. The lowest BCUT2D eigenvalue weighted by atomic mass is 9.99. The van der Waals surface area contributed by atoms with Gasteiger partial charge in [-0.15, -0.1) is 0 Å². The summed E-state index contributed by atoms with van der Waals surface area (Å²) in [5.41, 5.74) is 0.678. The van der Waals surface area contributed by atoms with Crippen molar-refractivity contribution < 1.29 is 9.50 Å². The third kappa shape index (κ3) is 3.74. The molecule has 1 aliphatic heterocycles. The first-order valence-electron chi connectivity index (χ1n) is 8.09. The largest absolute Gasteiger partial charge is 0.508 e. The lowest BCUT2D eigenvalue weighted by molar-refractivity contribution is 0.150. The van der Waals surface area contributed by atoms with Crippen LogP contribution in [0.1, 0.15) is 44.2 Å². The standard InChI is InChI=1S/C17H25FN2O/c1-12(16-5-4-15(21)10-17(16)18)20-8-6-14(7-9-20)19-11-13-2-3-13/h4-5,10,12-14,19,21H,2-3,6-9,11H2,1H3. The second-order valence-corrected chi connectivity index (χ2v) is 6.54. The highest BCUT2D eigenvalue weighted by atomic mass is 19.1. The molecule has 1 saturated carbocycles. The van der Waals surface area contributed by atoms with E-state index in [-0.39, 0.29) is 17.6 Å². The van der Waals surface area contributed by atoms with Gasteiger partial charge in [0.1, 0.15) is 11.6 Å². The number of piperidine rings is 1. The third-order valence-corrected chi connectivity index (χ3v) is 4.90. The van der Waals surface area contributed by atoms with Gasteiger partial charge >= 0.3 is 0 Å². The topological polar surface area (TPSA) is 35.5 Å². The number of hydrogen-bond donors (Lipinski definition) is 2. The molecule has 1 aromatic rings.